The molecule has 1 nitrogen and oxygen atoms in total. The predicted octanol–water partition coefficient (Wildman–Crippen LogP) is 2.95. The van der Waals surface area contributed by atoms with Gasteiger partial charge in [0.15, 0.2) is 0 Å². The summed E-state index contributed by atoms with van der Waals surface area (Å²) in [6.07, 6.45) is 1.42. The summed E-state index contributed by atoms with van der Waals surface area (Å²) in [6.45, 7) is 0. The zero-order chi connectivity index (χ0) is 10.3. The predicted molar refractivity (Wildman–Crippen MR) is 60.2 cm³/mol. The third-order valence-electron chi connectivity index (χ3n) is 2.87. The lowest BCUT2D eigenvalue weighted by Gasteiger charge is -2.17. The highest BCUT2D eigenvalue weighted by molar-refractivity contribution is 5.75. The molecule has 0 aliphatic heterocycles. The Bertz CT molecular complexity index is 502. The molecule has 0 aromatic heterocycles. The molecule has 0 saturated carbocycles. The minimum Gasteiger partial charge on any atom is -0.372 e. The molecule has 15 heavy (non-hydrogen) atoms. The van der Waals surface area contributed by atoms with Gasteiger partial charge in [-0.1, -0.05) is 18.2 Å². The van der Waals surface area contributed by atoms with E-state index in [1.165, 1.54) is 5.56 Å². The number of aliphatic hydroxyl groups is 1. The molecule has 2 aromatic rings. The van der Waals surface area contributed by atoms with E-state index >= 15 is 0 Å². The Morgan fingerprint density at radius 1 is 0.867 bits per heavy atom. The summed E-state index contributed by atoms with van der Waals surface area (Å²) in [5.74, 6) is 0. The third-order valence-corrected chi connectivity index (χ3v) is 2.87. The fourth-order valence-electron chi connectivity index (χ4n) is 2.15. The summed E-state index contributed by atoms with van der Waals surface area (Å²) < 4.78 is 0. The molecule has 0 saturated heterocycles. The maximum Gasteiger partial charge on any atom is 0.145 e. The van der Waals surface area contributed by atoms with Crippen LogP contribution >= 0.6 is 0 Å². The van der Waals surface area contributed by atoms with Crippen LogP contribution in [-0.4, -0.2) is 5.11 Å². The van der Waals surface area contributed by atoms with Gasteiger partial charge in [-0.15, -0.1) is 0 Å². The van der Waals surface area contributed by atoms with Crippen molar-refractivity contribution in [2.24, 2.45) is 0 Å². The van der Waals surface area contributed by atoms with Crippen molar-refractivity contribution < 1.29 is 5.11 Å². The molecule has 1 aliphatic rings. The van der Waals surface area contributed by atoms with Crippen LogP contribution in [0.15, 0.2) is 48.5 Å². The fraction of sp³-hybridized carbons (Fsp3) is 0.0714. The van der Waals surface area contributed by atoms with Gasteiger partial charge < -0.3 is 5.11 Å². The van der Waals surface area contributed by atoms with Crippen LogP contribution in [0, 0.1) is 6.42 Å². The van der Waals surface area contributed by atoms with Gasteiger partial charge in [-0.3, -0.25) is 0 Å². The summed E-state index contributed by atoms with van der Waals surface area (Å²) in [6, 6.07) is 16.2. The van der Waals surface area contributed by atoms with Crippen molar-refractivity contribution in [3.63, 3.8) is 0 Å². The Labute approximate surface area is 89.0 Å². The Kier molecular flexibility index (Phi) is 1.79. The summed E-state index contributed by atoms with van der Waals surface area (Å²) in [5.41, 5.74) is 4.46. The number of hydrogen-bond donors (Lipinski definition) is 1. The van der Waals surface area contributed by atoms with Gasteiger partial charge in [-0.05, 0) is 18.2 Å². The first-order valence-electron chi connectivity index (χ1n) is 5.07. The molecule has 2 aromatic carbocycles. The lowest BCUT2D eigenvalue weighted by Crippen LogP contribution is -2.08. The summed E-state index contributed by atoms with van der Waals surface area (Å²) in [4.78, 5) is 0. The van der Waals surface area contributed by atoms with Gasteiger partial charge in [-0.25, -0.2) is 0 Å². The van der Waals surface area contributed by atoms with Gasteiger partial charge in [0.25, 0.3) is 0 Å². The van der Waals surface area contributed by atoms with Gasteiger partial charge >= 0.3 is 0 Å². The molecular weight excluding hydrogens is 184 g/mol. The van der Waals surface area contributed by atoms with E-state index in [0.717, 1.165) is 16.7 Å². The van der Waals surface area contributed by atoms with Crippen LogP contribution in [0.25, 0.3) is 11.1 Å². The smallest absolute Gasteiger partial charge is 0.145 e. The monoisotopic (exact) mass is 195 g/mol. The van der Waals surface area contributed by atoms with Gasteiger partial charge in [0.1, 0.15) is 11.7 Å². The topological polar surface area (TPSA) is 20.2 Å². The van der Waals surface area contributed by atoms with E-state index < -0.39 is 6.10 Å². The van der Waals surface area contributed by atoms with Crippen LogP contribution in [0.1, 0.15) is 17.2 Å². The average molecular weight is 195 g/mol. The van der Waals surface area contributed by atoms with Crippen molar-refractivity contribution in [1.29, 1.82) is 0 Å². The maximum absolute atomic E-state index is 9.95. The molecule has 72 valence electrons. The van der Waals surface area contributed by atoms with Crippen LogP contribution in [0.3, 0.4) is 0 Å². The van der Waals surface area contributed by atoms with Crippen molar-refractivity contribution in [3.05, 3.63) is 66.1 Å². The fourth-order valence-corrected chi connectivity index (χ4v) is 2.15. The number of benzene rings is 2. The summed E-state index contributed by atoms with van der Waals surface area (Å²) >= 11 is 0. The second-order valence-electron chi connectivity index (χ2n) is 3.79. The highest BCUT2D eigenvalue weighted by Gasteiger charge is 2.28. The Morgan fingerprint density at radius 3 is 2.40 bits per heavy atom. The van der Waals surface area contributed by atoms with Crippen LogP contribution in [0.5, 0.6) is 0 Å². The van der Waals surface area contributed by atoms with E-state index in [1.807, 2.05) is 42.8 Å². The van der Waals surface area contributed by atoms with Crippen LogP contribution in [-0.2, 0) is 0 Å². The minimum absolute atomic E-state index is 0.476. The molecule has 0 fully saturated rings. The van der Waals surface area contributed by atoms with Crippen molar-refractivity contribution >= 4 is 0 Å². The van der Waals surface area contributed by atoms with Crippen LogP contribution < -0.4 is 0 Å². The van der Waals surface area contributed by atoms with Crippen molar-refractivity contribution in [3.8, 4) is 11.1 Å². The van der Waals surface area contributed by atoms with Crippen molar-refractivity contribution in [1.82, 2.24) is 0 Å². The average Bonchev–Trinajstić information content (AvgIpc) is 2.30. The zero-order valence-electron chi connectivity index (χ0n) is 8.22. The SMILES string of the molecule is OC1[CH+]c2ccccc2-c2ccccc21. The zero-order valence-corrected chi connectivity index (χ0v) is 8.22. The summed E-state index contributed by atoms with van der Waals surface area (Å²) in [5, 5.41) is 9.95. The van der Waals surface area contributed by atoms with Gasteiger partial charge in [0.05, 0.1) is 12.0 Å². The molecule has 1 unspecified atom stereocenters. The largest absolute Gasteiger partial charge is 0.372 e. The quantitative estimate of drug-likeness (QED) is 0.641. The summed E-state index contributed by atoms with van der Waals surface area (Å²) in [7, 11) is 0. The molecule has 1 heteroatoms. The highest BCUT2D eigenvalue weighted by atomic mass is 16.3. The maximum atomic E-state index is 9.95. The Balaban J connectivity index is 2.30. The number of fused-ring (bicyclic) bond motifs is 3. The normalized spacial score (nSPS) is 17.5. The molecule has 1 N–H and O–H groups in total. The number of aliphatic hydroxyl groups excluding tert-OH is 1. The molecule has 1 atom stereocenters. The molecule has 3 rings (SSSR count). The van der Waals surface area contributed by atoms with Crippen molar-refractivity contribution in [2.75, 3.05) is 0 Å². The first kappa shape index (κ1) is 8.57. The molecule has 1 aliphatic carbocycles. The first-order chi connectivity index (χ1) is 7.36. The first-order valence-corrected chi connectivity index (χ1v) is 5.07. The van der Waals surface area contributed by atoms with E-state index in [0.29, 0.717) is 0 Å². The standard InChI is InChI=1S/C14H11O/c15-14-9-10-5-1-2-6-11(10)12-7-3-4-8-13(12)14/h1-9,14-15H/q+1. The van der Waals surface area contributed by atoms with E-state index in [4.69, 9.17) is 0 Å². The van der Waals surface area contributed by atoms with Gasteiger partial charge in [0, 0.05) is 23.3 Å². The third kappa shape index (κ3) is 1.24. The van der Waals surface area contributed by atoms with Crippen LogP contribution in [0.4, 0.5) is 0 Å². The van der Waals surface area contributed by atoms with Crippen LogP contribution in [0.2, 0.25) is 0 Å². The lowest BCUT2D eigenvalue weighted by molar-refractivity contribution is 0.214. The van der Waals surface area contributed by atoms with E-state index in [9.17, 15) is 5.11 Å². The van der Waals surface area contributed by atoms with Crippen molar-refractivity contribution in [2.45, 2.75) is 6.10 Å². The number of hydrogen-bond acceptors (Lipinski definition) is 1. The van der Waals surface area contributed by atoms with E-state index in [1.54, 1.807) is 0 Å². The second-order valence-corrected chi connectivity index (χ2v) is 3.79. The molecule has 0 heterocycles. The molecule has 0 amide bonds. The minimum atomic E-state index is -0.476. The highest BCUT2D eigenvalue weighted by Crippen LogP contribution is 2.38. The molecule has 0 spiro atoms. The second kappa shape index (κ2) is 3.14. The molecule has 0 bridgehead atoms. The lowest BCUT2D eigenvalue weighted by atomic mass is 9.84. The number of rotatable bonds is 0. The molecular formula is C14H11O+. The van der Waals surface area contributed by atoms with E-state index in [2.05, 4.69) is 12.1 Å². The Hall–Kier alpha value is -1.73. The van der Waals surface area contributed by atoms with Gasteiger partial charge in [0.2, 0.25) is 0 Å². The molecule has 0 radical (unpaired) electrons. The van der Waals surface area contributed by atoms with E-state index in [-0.39, 0.29) is 0 Å². The van der Waals surface area contributed by atoms with Gasteiger partial charge in [-0.2, -0.15) is 0 Å². The Morgan fingerprint density at radius 2 is 1.53 bits per heavy atom.